The second kappa shape index (κ2) is 6.31. The number of ketones is 1. The van der Waals surface area contributed by atoms with E-state index in [2.05, 4.69) is 18.2 Å². The minimum Gasteiger partial charge on any atom is -0.367 e. The molecule has 0 N–H and O–H groups in total. The van der Waals surface area contributed by atoms with Crippen LogP contribution in [0.3, 0.4) is 0 Å². The third-order valence-corrected chi connectivity index (χ3v) is 5.12. The number of hydrogen-bond acceptors (Lipinski definition) is 2. The van der Waals surface area contributed by atoms with E-state index in [-0.39, 0.29) is 0 Å². The van der Waals surface area contributed by atoms with Gasteiger partial charge in [0, 0.05) is 13.0 Å². The van der Waals surface area contributed by atoms with Crippen molar-refractivity contribution in [2.75, 3.05) is 6.61 Å². The Balaban J connectivity index is 1.74. The highest BCUT2D eigenvalue weighted by Crippen LogP contribution is 2.34. The van der Waals surface area contributed by atoms with Crippen LogP contribution in [0.15, 0.2) is 18.2 Å². The van der Waals surface area contributed by atoms with Gasteiger partial charge in [-0.05, 0) is 55.7 Å². The van der Waals surface area contributed by atoms with E-state index in [4.69, 9.17) is 4.74 Å². The number of rotatable bonds is 5. The molecule has 0 bridgehead atoms. The SMILES string of the molecule is CCOC1(C(=O)Cc2ccc3c(c2)CCC3)CCCCC1. The zero-order valence-corrected chi connectivity index (χ0v) is 13.1. The third kappa shape index (κ3) is 3.06. The fourth-order valence-electron chi connectivity index (χ4n) is 3.98. The summed E-state index contributed by atoms with van der Waals surface area (Å²) in [4.78, 5) is 12.9. The van der Waals surface area contributed by atoms with E-state index in [1.807, 2.05) is 6.92 Å². The summed E-state index contributed by atoms with van der Waals surface area (Å²) in [6.07, 6.45) is 9.46. The minimum atomic E-state index is -0.494. The molecule has 2 aliphatic rings. The Morgan fingerprint density at radius 3 is 2.62 bits per heavy atom. The van der Waals surface area contributed by atoms with Gasteiger partial charge in [0.1, 0.15) is 5.60 Å². The lowest BCUT2D eigenvalue weighted by atomic mass is 9.79. The number of benzene rings is 1. The van der Waals surface area contributed by atoms with E-state index in [9.17, 15) is 4.79 Å². The Hall–Kier alpha value is -1.15. The van der Waals surface area contributed by atoms with Crippen LogP contribution in [0.25, 0.3) is 0 Å². The highest BCUT2D eigenvalue weighted by Gasteiger charge is 2.39. The first kappa shape index (κ1) is 14.8. The van der Waals surface area contributed by atoms with E-state index < -0.39 is 5.60 Å². The highest BCUT2D eigenvalue weighted by molar-refractivity contribution is 5.89. The smallest absolute Gasteiger partial charge is 0.168 e. The monoisotopic (exact) mass is 286 g/mol. The summed E-state index contributed by atoms with van der Waals surface area (Å²) >= 11 is 0. The van der Waals surface area contributed by atoms with Crippen molar-refractivity contribution in [2.24, 2.45) is 0 Å². The second-order valence-corrected chi connectivity index (χ2v) is 6.54. The average Bonchev–Trinajstić information content (AvgIpc) is 2.96. The van der Waals surface area contributed by atoms with Crippen molar-refractivity contribution in [1.29, 1.82) is 0 Å². The van der Waals surface area contributed by atoms with Crippen molar-refractivity contribution in [2.45, 2.75) is 70.3 Å². The van der Waals surface area contributed by atoms with Gasteiger partial charge < -0.3 is 4.74 Å². The van der Waals surface area contributed by atoms with Crippen LogP contribution in [0.5, 0.6) is 0 Å². The number of carbonyl (C=O) groups excluding carboxylic acids is 1. The molecule has 0 atom stereocenters. The molecule has 0 saturated heterocycles. The van der Waals surface area contributed by atoms with Crippen LogP contribution in [-0.4, -0.2) is 18.0 Å². The Morgan fingerprint density at radius 2 is 1.86 bits per heavy atom. The lowest BCUT2D eigenvalue weighted by Gasteiger charge is -2.35. The molecular weight excluding hydrogens is 260 g/mol. The van der Waals surface area contributed by atoms with Gasteiger partial charge in [0.05, 0.1) is 0 Å². The summed E-state index contributed by atoms with van der Waals surface area (Å²) in [5, 5.41) is 0. The van der Waals surface area contributed by atoms with Crippen molar-refractivity contribution in [3.63, 3.8) is 0 Å². The van der Waals surface area contributed by atoms with Gasteiger partial charge >= 0.3 is 0 Å². The maximum atomic E-state index is 12.9. The van der Waals surface area contributed by atoms with Crippen LogP contribution in [-0.2, 0) is 28.8 Å². The summed E-state index contributed by atoms with van der Waals surface area (Å²) in [7, 11) is 0. The summed E-state index contributed by atoms with van der Waals surface area (Å²) < 4.78 is 5.95. The summed E-state index contributed by atoms with van der Waals surface area (Å²) in [6, 6.07) is 6.62. The zero-order chi connectivity index (χ0) is 14.7. The molecule has 2 aliphatic carbocycles. The van der Waals surface area contributed by atoms with Crippen molar-refractivity contribution < 1.29 is 9.53 Å². The van der Waals surface area contributed by atoms with E-state index in [1.54, 1.807) is 0 Å². The van der Waals surface area contributed by atoms with Crippen molar-refractivity contribution >= 4 is 5.78 Å². The maximum Gasteiger partial charge on any atom is 0.168 e. The fraction of sp³-hybridized carbons (Fsp3) is 0.632. The Labute approximate surface area is 127 Å². The molecule has 2 nitrogen and oxygen atoms in total. The number of fused-ring (bicyclic) bond motifs is 1. The van der Waals surface area contributed by atoms with Crippen LogP contribution in [0, 0.1) is 0 Å². The predicted molar refractivity (Wildman–Crippen MR) is 84.6 cm³/mol. The van der Waals surface area contributed by atoms with Gasteiger partial charge in [-0.3, -0.25) is 4.79 Å². The first-order valence-electron chi connectivity index (χ1n) is 8.51. The van der Waals surface area contributed by atoms with Gasteiger partial charge in [-0.2, -0.15) is 0 Å². The van der Waals surface area contributed by atoms with Crippen molar-refractivity contribution in [3.8, 4) is 0 Å². The molecule has 114 valence electrons. The van der Waals surface area contributed by atoms with Crippen molar-refractivity contribution in [1.82, 2.24) is 0 Å². The molecule has 0 aromatic heterocycles. The largest absolute Gasteiger partial charge is 0.367 e. The van der Waals surface area contributed by atoms with Crippen LogP contribution < -0.4 is 0 Å². The molecule has 1 aromatic carbocycles. The van der Waals surface area contributed by atoms with E-state index in [0.717, 1.165) is 25.7 Å². The van der Waals surface area contributed by atoms with Gasteiger partial charge in [0.25, 0.3) is 0 Å². The fourth-order valence-corrected chi connectivity index (χ4v) is 3.98. The number of Topliss-reactive ketones (excluding diaryl/α,β-unsaturated/α-hetero) is 1. The third-order valence-electron chi connectivity index (χ3n) is 5.12. The maximum absolute atomic E-state index is 12.9. The van der Waals surface area contributed by atoms with Gasteiger partial charge in [-0.25, -0.2) is 0 Å². The number of carbonyl (C=O) groups is 1. The molecule has 0 radical (unpaired) electrons. The Bertz CT molecular complexity index is 507. The topological polar surface area (TPSA) is 26.3 Å². The molecule has 0 unspecified atom stereocenters. The molecule has 0 heterocycles. The molecule has 0 amide bonds. The normalized spacial score (nSPS) is 20.2. The molecular formula is C19H26O2. The molecule has 1 fully saturated rings. The lowest BCUT2D eigenvalue weighted by Crippen LogP contribution is -2.44. The zero-order valence-electron chi connectivity index (χ0n) is 13.1. The van der Waals surface area contributed by atoms with Gasteiger partial charge in [0.15, 0.2) is 5.78 Å². The van der Waals surface area contributed by atoms with Crippen LogP contribution >= 0.6 is 0 Å². The van der Waals surface area contributed by atoms with E-state index in [1.165, 1.54) is 42.4 Å². The standard InChI is InChI=1S/C19H26O2/c1-2-21-19(11-4-3-5-12-19)18(20)14-15-9-10-16-7-6-8-17(16)13-15/h9-10,13H,2-8,11-12,14H2,1H3. The van der Waals surface area contributed by atoms with Crippen LogP contribution in [0.1, 0.15) is 62.1 Å². The molecule has 21 heavy (non-hydrogen) atoms. The highest BCUT2D eigenvalue weighted by atomic mass is 16.5. The lowest BCUT2D eigenvalue weighted by molar-refractivity contribution is -0.148. The number of ether oxygens (including phenoxy) is 1. The number of hydrogen-bond donors (Lipinski definition) is 0. The Morgan fingerprint density at radius 1 is 1.10 bits per heavy atom. The average molecular weight is 286 g/mol. The number of aryl methyl sites for hydroxylation is 2. The molecule has 0 aliphatic heterocycles. The summed E-state index contributed by atoms with van der Waals surface area (Å²) in [5.41, 5.74) is 3.61. The van der Waals surface area contributed by atoms with Gasteiger partial charge in [0.2, 0.25) is 0 Å². The molecule has 3 rings (SSSR count). The summed E-state index contributed by atoms with van der Waals surface area (Å²) in [5.74, 6) is 0.294. The van der Waals surface area contributed by atoms with E-state index in [0.29, 0.717) is 18.8 Å². The predicted octanol–water partition coefficient (Wildman–Crippen LogP) is 4.03. The molecule has 2 heteroatoms. The van der Waals surface area contributed by atoms with Gasteiger partial charge in [-0.1, -0.05) is 37.5 Å². The first-order chi connectivity index (χ1) is 10.2. The quantitative estimate of drug-likeness (QED) is 0.817. The molecule has 1 aromatic rings. The molecule has 0 spiro atoms. The second-order valence-electron chi connectivity index (χ2n) is 6.54. The Kier molecular flexibility index (Phi) is 4.44. The van der Waals surface area contributed by atoms with Crippen LogP contribution in [0.4, 0.5) is 0 Å². The molecule has 1 saturated carbocycles. The summed E-state index contributed by atoms with van der Waals surface area (Å²) in [6.45, 7) is 2.63. The first-order valence-corrected chi connectivity index (χ1v) is 8.51. The van der Waals surface area contributed by atoms with Crippen LogP contribution in [0.2, 0.25) is 0 Å². The minimum absolute atomic E-state index is 0.294. The van der Waals surface area contributed by atoms with Crippen molar-refractivity contribution in [3.05, 3.63) is 34.9 Å². The van der Waals surface area contributed by atoms with E-state index >= 15 is 0 Å². The van der Waals surface area contributed by atoms with Gasteiger partial charge in [-0.15, -0.1) is 0 Å².